The Balaban J connectivity index is 1.58. The summed E-state index contributed by atoms with van der Waals surface area (Å²) in [5.74, 6) is 0.0739. The molecule has 1 aromatic carbocycles. The first-order chi connectivity index (χ1) is 12.6. The standard InChI is InChI=1S/C17H15N3O5S/c1-24-11-4-2-10(3-5-11)16-19-15(25-20-16)7-6-14(21)18-13-9-26-8-12(13)17(22)23/h2-5,8-9H,6-7H2,1H3,(H,18,21)(H,22,23). The van der Waals surface area contributed by atoms with Gasteiger partial charge in [-0.2, -0.15) is 4.98 Å². The van der Waals surface area contributed by atoms with Crippen LogP contribution in [0.15, 0.2) is 39.5 Å². The van der Waals surface area contributed by atoms with Gasteiger partial charge >= 0.3 is 5.97 Å². The fourth-order valence-electron chi connectivity index (χ4n) is 2.21. The number of carbonyl (C=O) groups excluding carboxylic acids is 1. The van der Waals surface area contributed by atoms with Crippen molar-refractivity contribution in [2.45, 2.75) is 12.8 Å². The van der Waals surface area contributed by atoms with Crippen LogP contribution in [0.1, 0.15) is 22.7 Å². The van der Waals surface area contributed by atoms with Crippen molar-refractivity contribution in [2.75, 3.05) is 12.4 Å². The number of ether oxygens (including phenoxy) is 1. The van der Waals surface area contributed by atoms with Gasteiger partial charge in [0, 0.05) is 29.2 Å². The molecule has 9 heteroatoms. The van der Waals surface area contributed by atoms with E-state index in [1.54, 1.807) is 24.6 Å². The van der Waals surface area contributed by atoms with E-state index in [2.05, 4.69) is 15.5 Å². The SMILES string of the molecule is COc1ccc(-c2noc(CCC(=O)Nc3cscc3C(=O)O)n2)cc1. The summed E-state index contributed by atoms with van der Waals surface area (Å²) in [4.78, 5) is 27.3. The summed E-state index contributed by atoms with van der Waals surface area (Å²) in [6.07, 6.45) is 0.348. The first-order valence-corrected chi connectivity index (χ1v) is 8.57. The quantitative estimate of drug-likeness (QED) is 0.654. The number of benzene rings is 1. The summed E-state index contributed by atoms with van der Waals surface area (Å²) in [5, 5.41) is 18.6. The number of hydrogen-bond donors (Lipinski definition) is 2. The van der Waals surface area contributed by atoms with E-state index >= 15 is 0 Å². The molecule has 26 heavy (non-hydrogen) atoms. The Morgan fingerprint density at radius 2 is 2.04 bits per heavy atom. The van der Waals surface area contributed by atoms with Gasteiger partial charge in [-0.3, -0.25) is 4.79 Å². The van der Waals surface area contributed by atoms with E-state index in [0.717, 1.165) is 11.3 Å². The molecule has 0 bridgehead atoms. The third kappa shape index (κ3) is 4.06. The van der Waals surface area contributed by atoms with Crippen LogP contribution >= 0.6 is 11.3 Å². The molecular formula is C17H15N3O5S. The Labute approximate surface area is 152 Å². The number of thiophene rings is 1. The third-order valence-electron chi connectivity index (χ3n) is 3.55. The molecule has 0 aliphatic rings. The second kappa shape index (κ2) is 7.79. The van der Waals surface area contributed by atoms with Gasteiger partial charge in [0.2, 0.25) is 17.6 Å². The fraction of sp³-hybridized carbons (Fsp3) is 0.176. The van der Waals surface area contributed by atoms with Gasteiger partial charge in [-0.1, -0.05) is 5.16 Å². The number of carboxylic acids is 1. The van der Waals surface area contributed by atoms with Gasteiger partial charge in [-0.25, -0.2) is 4.79 Å². The summed E-state index contributed by atoms with van der Waals surface area (Å²) in [6, 6.07) is 7.20. The number of anilines is 1. The van der Waals surface area contributed by atoms with Gasteiger partial charge < -0.3 is 19.7 Å². The van der Waals surface area contributed by atoms with Crippen LogP contribution in [0.5, 0.6) is 5.75 Å². The number of aromatic carboxylic acids is 1. The molecule has 0 fully saturated rings. The van der Waals surface area contributed by atoms with Gasteiger partial charge in [0.1, 0.15) is 5.75 Å². The maximum atomic E-state index is 12.0. The van der Waals surface area contributed by atoms with Crippen molar-refractivity contribution in [1.29, 1.82) is 0 Å². The second-order valence-electron chi connectivity index (χ2n) is 5.29. The lowest BCUT2D eigenvalue weighted by atomic mass is 10.2. The highest BCUT2D eigenvalue weighted by Crippen LogP contribution is 2.22. The lowest BCUT2D eigenvalue weighted by molar-refractivity contribution is -0.116. The minimum atomic E-state index is -1.08. The van der Waals surface area contributed by atoms with Gasteiger partial charge in [-0.05, 0) is 24.3 Å². The Morgan fingerprint density at radius 3 is 2.73 bits per heavy atom. The highest BCUT2D eigenvalue weighted by molar-refractivity contribution is 7.08. The highest BCUT2D eigenvalue weighted by atomic mass is 32.1. The normalized spacial score (nSPS) is 10.5. The van der Waals surface area contributed by atoms with Crippen molar-refractivity contribution in [2.24, 2.45) is 0 Å². The molecule has 2 aromatic heterocycles. The Morgan fingerprint density at radius 1 is 1.27 bits per heavy atom. The van der Waals surface area contributed by atoms with Gasteiger partial charge in [0.15, 0.2) is 0 Å². The van der Waals surface area contributed by atoms with Crippen LogP contribution in [0.25, 0.3) is 11.4 Å². The predicted octanol–water partition coefficient (Wildman–Crippen LogP) is 3.08. The van der Waals surface area contributed by atoms with E-state index in [9.17, 15) is 9.59 Å². The van der Waals surface area contributed by atoms with Gasteiger partial charge in [0.05, 0.1) is 18.4 Å². The van der Waals surface area contributed by atoms with Crippen LogP contribution in [-0.2, 0) is 11.2 Å². The highest BCUT2D eigenvalue weighted by Gasteiger charge is 2.15. The molecule has 3 rings (SSSR count). The van der Waals surface area contributed by atoms with E-state index in [-0.39, 0.29) is 30.0 Å². The number of methoxy groups -OCH3 is 1. The Bertz CT molecular complexity index is 917. The second-order valence-corrected chi connectivity index (χ2v) is 6.04. The summed E-state index contributed by atoms with van der Waals surface area (Å²) in [7, 11) is 1.59. The monoisotopic (exact) mass is 373 g/mol. The molecule has 0 aliphatic carbocycles. The molecule has 2 heterocycles. The summed E-state index contributed by atoms with van der Waals surface area (Å²) >= 11 is 1.21. The first-order valence-electron chi connectivity index (χ1n) is 7.63. The molecule has 1 amide bonds. The fourth-order valence-corrected chi connectivity index (χ4v) is 2.96. The van der Waals surface area contributed by atoms with Crippen LogP contribution in [0.4, 0.5) is 5.69 Å². The lowest BCUT2D eigenvalue weighted by Gasteiger charge is -2.03. The maximum absolute atomic E-state index is 12.0. The zero-order chi connectivity index (χ0) is 18.5. The van der Waals surface area contributed by atoms with Crippen LogP contribution in [0.2, 0.25) is 0 Å². The topological polar surface area (TPSA) is 115 Å². The summed E-state index contributed by atoms with van der Waals surface area (Å²) in [6.45, 7) is 0. The lowest BCUT2D eigenvalue weighted by Crippen LogP contribution is -2.14. The van der Waals surface area contributed by atoms with Crippen LogP contribution < -0.4 is 10.1 Å². The summed E-state index contributed by atoms with van der Waals surface area (Å²) < 4.78 is 10.3. The van der Waals surface area contributed by atoms with E-state index in [1.807, 2.05) is 12.1 Å². The Kier molecular flexibility index (Phi) is 5.28. The number of aromatic nitrogens is 2. The first kappa shape index (κ1) is 17.6. The number of hydrogen-bond acceptors (Lipinski definition) is 7. The number of aryl methyl sites for hydroxylation is 1. The van der Waals surface area contributed by atoms with Crippen molar-refractivity contribution >= 4 is 28.9 Å². The number of amides is 1. The number of nitrogens with one attached hydrogen (secondary N) is 1. The van der Waals surface area contributed by atoms with E-state index in [4.69, 9.17) is 14.4 Å². The van der Waals surface area contributed by atoms with Gasteiger partial charge in [-0.15, -0.1) is 11.3 Å². The van der Waals surface area contributed by atoms with Gasteiger partial charge in [0.25, 0.3) is 0 Å². The molecule has 134 valence electrons. The largest absolute Gasteiger partial charge is 0.497 e. The number of rotatable bonds is 7. The maximum Gasteiger partial charge on any atom is 0.338 e. The molecule has 0 spiro atoms. The minimum Gasteiger partial charge on any atom is -0.497 e. The number of carboxylic acid groups (broad SMARTS) is 1. The van der Waals surface area contributed by atoms with Crippen LogP contribution in [-0.4, -0.2) is 34.2 Å². The number of nitrogens with zero attached hydrogens (tertiary/aromatic N) is 2. The third-order valence-corrected chi connectivity index (χ3v) is 4.29. The Hall–Kier alpha value is -3.20. The van der Waals surface area contributed by atoms with E-state index in [1.165, 1.54) is 16.7 Å². The summed E-state index contributed by atoms with van der Waals surface area (Å²) in [5.41, 5.74) is 1.13. The molecule has 0 saturated heterocycles. The van der Waals surface area contributed by atoms with E-state index < -0.39 is 5.97 Å². The van der Waals surface area contributed by atoms with Crippen LogP contribution in [0.3, 0.4) is 0 Å². The molecular weight excluding hydrogens is 358 g/mol. The molecule has 3 aromatic rings. The van der Waals surface area contributed by atoms with Crippen molar-refractivity contribution in [3.8, 4) is 17.1 Å². The molecule has 8 nitrogen and oxygen atoms in total. The van der Waals surface area contributed by atoms with Crippen molar-refractivity contribution in [3.05, 3.63) is 46.5 Å². The molecule has 0 radical (unpaired) electrons. The zero-order valence-corrected chi connectivity index (χ0v) is 14.6. The average Bonchev–Trinajstić information content (AvgIpc) is 3.29. The average molecular weight is 373 g/mol. The minimum absolute atomic E-state index is 0.0722. The van der Waals surface area contributed by atoms with Crippen molar-refractivity contribution < 1.29 is 24.0 Å². The predicted molar refractivity (Wildman–Crippen MR) is 94.5 cm³/mol. The molecule has 2 N–H and O–H groups in total. The molecule has 0 unspecified atom stereocenters. The van der Waals surface area contributed by atoms with Crippen molar-refractivity contribution in [3.63, 3.8) is 0 Å². The molecule has 0 aliphatic heterocycles. The number of carbonyl (C=O) groups is 2. The molecule has 0 saturated carbocycles. The van der Waals surface area contributed by atoms with E-state index in [0.29, 0.717) is 11.7 Å². The smallest absolute Gasteiger partial charge is 0.338 e. The molecule has 0 atom stereocenters. The zero-order valence-electron chi connectivity index (χ0n) is 13.8. The van der Waals surface area contributed by atoms with Crippen molar-refractivity contribution in [1.82, 2.24) is 10.1 Å². The van der Waals surface area contributed by atoms with Crippen LogP contribution in [0, 0.1) is 0 Å².